The van der Waals surface area contributed by atoms with Gasteiger partial charge in [0.2, 0.25) is 0 Å². The molecule has 8 heteroatoms. The van der Waals surface area contributed by atoms with Gasteiger partial charge >= 0.3 is 17.9 Å². The summed E-state index contributed by atoms with van der Waals surface area (Å²) in [6.45, 7) is 6.04. The molecular formula is C32H30ClNO6. The van der Waals surface area contributed by atoms with Gasteiger partial charge in [-0.2, -0.15) is 0 Å². The lowest BCUT2D eigenvalue weighted by Crippen LogP contribution is -2.18. The first-order chi connectivity index (χ1) is 19.4. The van der Waals surface area contributed by atoms with Crippen LogP contribution in [0.3, 0.4) is 0 Å². The zero-order valence-corrected chi connectivity index (χ0v) is 23.4. The zero-order chi connectivity index (χ0) is 28.6. The summed E-state index contributed by atoms with van der Waals surface area (Å²) in [6, 6.07) is 22.5. The summed E-state index contributed by atoms with van der Waals surface area (Å²) in [5.74, 6) is -1.93. The van der Waals surface area contributed by atoms with Crippen LogP contribution in [0.1, 0.15) is 42.4 Å². The molecule has 0 bridgehead atoms. The largest absolute Gasteiger partial charge is 0.462 e. The Labute approximate surface area is 237 Å². The van der Waals surface area contributed by atoms with Gasteiger partial charge < -0.3 is 18.8 Å². The standard InChI is InChI=1S/C32H30ClNO6/c1-4-38-30(35)26(31(36)39-5-2)19-21-11-15-23(16-12-21)28-25-9-7-8-10-27(25)34(29(28)32(37)40-6-3)20-22-13-17-24(33)18-14-22/h7-19H,4-6,20H2,1-3H3. The van der Waals surface area contributed by atoms with Crippen molar-refractivity contribution >= 4 is 46.5 Å². The molecule has 0 unspecified atom stereocenters. The molecule has 3 aromatic carbocycles. The lowest BCUT2D eigenvalue weighted by Gasteiger charge is -2.12. The number of fused-ring (bicyclic) bond motifs is 1. The third-order valence-corrected chi connectivity index (χ3v) is 6.45. The second-order valence-electron chi connectivity index (χ2n) is 8.79. The van der Waals surface area contributed by atoms with Crippen LogP contribution in [0.5, 0.6) is 0 Å². The van der Waals surface area contributed by atoms with E-state index in [0.717, 1.165) is 27.6 Å². The molecule has 0 saturated heterocycles. The predicted octanol–water partition coefficient (Wildman–Crippen LogP) is 6.70. The molecule has 0 aliphatic carbocycles. The molecule has 0 amide bonds. The quantitative estimate of drug-likeness (QED) is 0.0707. The van der Waals surface area contributed by atoms with Gasteiger partial charge in [0, 0.05) is 28.0 Å². The van der Waals surface area contributed by atoms with Crippen LogP contribution in [0, 0.1) is 0 Å². The van der Waals surface area contributed by atoms with Crippen molar-refractivity contribution in [3.63, 3.8) is 0 Å². The molecule has 0 spiro atoms. The molecule has 0 aliphatic heterocycles. The van der Waals surface area contributed by atoms with Crippen molar-refractivity contribution in [1.29, 1.82) is 0 Å². The number of carbonyl (C=O) groups is 3. The molecule has 0 N–H and O–H groups in total. The third kappa shape index (κ3) is 6.26. The van der Waals surface area contributed by atoms with Crippen molar-refractivity contribution in [1.82, 2.24) is 4.57 Å². The molecule has 1 aromatic heterocycles. The van der Waals surface area contributed by atoms with Gasteiger partial charge in [-0.25, -0.2) is 14.4 Å². The first kappa shape index (κ1) is 28.6. The topological polar surface area (TPSA) is 83.8 Å². The van der Waals surface area contributed by atoms with Crippen LogP contribution in [0.4, 0.5) is 0 Å². The van der Waals surface area contributed by atoms with Crippen LogP contribution < -0.4 is 0 Å². The van der Waals surface area contributed by atoms with E-state index in [0.29, 0.717) is 22.8 Å². The van der Waals surface area contributed by atoms with E-state index in [-0.39, 0.29) is 25.4 Å². The summed E-state index contributed by atoms with van der Waals surface area (Å²) < 4.78 is 17.5. The van der Waals surface area contributed by atoms with E-state index >= 15 is 0 Å². The smallest absolute Gasteiger partial charge is 0.355 e. The summed E-state index contributed by atoms with van der Waals surface area (Å²) in [6.07, 6.45) is 1.44. The maximum Gasteiger partial charge on any atom is 0.355 e. The lowest BCUT2D eigenvalue weighted by molar-refractivity contribution is -0.146. The first-order valence-electron chi connectivity index (χ1n) is 13.1. The average Bonchev–Trinajstić information content (AvgIpc) is 3.27. The number of aromatic nitrogens is 1. The molecule has 0 atom stereocenters. The van der Waals surface area contributed by atoms with E-state index in [1.165, 1.54) is 6.08 Å². The van der Waals surface area contributed by atoms with Crippen molar-refractivity contribution < 1.29 is 28.6 Å². The number of carbonyl (C=O) groups excluding carboxylic acids is 3. The molecule has 0 saturated carbocycles. The second-order valence-corrected chi connectivity index (χ2v) is 9.23. The summed E-state index contributed by atoms with van der Waals surface area (Å²) in [5, 5.41) is 1.53. The van der Waals surface area contributed by atoms with Gasteiger partial charge in [0.25, 0.3) is 0 Å². The predicted molar refractivity (Wildman–Crippen MR) is 155 cm³/mol. The molecule has 4 aromatic rings. The molecule has 4 rings (SSSR count). The number of para-hydroxylation sites is 1. The maximum absolute atomic E-state index is 13.4. The number of hydrogen-bond acceptors (Lipinski definition) is 6. The first-order valence-corrected chi connectivity index (χ1v) is 13.4. The molecule has 0 fully saturated rings. The number of rotatable bonds is 10. The van der Waals surface area contributed by atoms with Crippen molar-refractivity contribution in [2.24, 2.45) is 0 Å². The highest BCUT2D eigenvalue weighted by Crippen LogP contribution is 2.36. The maximum atomic E-state index is 13.4. The minimum Gasteiger partial charge on any atom is -0.462 e. The second kappa shape index (κ2) is 13.1. The van der Waals surface area contributed by atoms with Crippen LogP contribution in [0.15, 0.2) is 78.4 Å². The number of ether oxygens (including phenoxy) is 3. The van der Waals surface area contributed by atoms with Gasteiger partial charge in [-0.1, -0.05) is 66.2 Å². The van der Waals surface area contributed by atoms with E-state index < -0.39 is 17.9 Å². The fourth-order valence-corrected chi connectivity index (χ4v) is 4.60. The van der Waals surface area contributed by atoms with Crippen molar-refractivity contribution in [2.45, 2.75) is 27.3 Å². The van der Waals surface area contributed by atoms with Gasteiger partial charge in [0.05, 0.1) is 19.8 Å². The van der Waals surface area contributed by atoms with Gasteiger partial charge in [-0.3, -0.25) is 0 Å². The number of hydrogen-bond donors (Lipinski definition) is 0. The molecule has 1 heterocycles. The SMILES string of the molecule is CCOC(=O)C(=Cc1ccc(-c2c(C(=O)OCC)n(Cc3ccc(Cl)cc3)c3ccccc23)cc1)C(=O)OCC. The van der Waals surface area contributed by atoms with Crippen LogP contribution in [0.25, 0.3) is 28.1 Å². The van der Waals surface area contributed by atoms with Crippen LogP contribution in [-0.2, 0) is 30.3 Å². The Morgan fingerprint density at radius 3 is 1.98 bits per heavy atom. The Balaban J connectivity index is 1.83. The summed E-state index contributed by atoms with van der Waals surface area (Å²) in [4.78, 5) is 38.2. The summed E-state index contributed by atoms with van der Waals surface area (Å²) >= 11 is 6.09. The van der Waals surface area contributed by atoms with Gasteiger partial charge in [-0.15, -0.1) is 0 Å². The van der Waals surface area contributed by atoms with E-state index in [1.54, 1.807) is 32.9 Å². The number of halogens is 1. The monoisotopic (exact) mass is 559 g/mol. The zero-order valence-electron chi connectivity index (χ0n) is 22.6. The van der Waals surface area contributed by atoms with E-state index in [1.807, 2.05) is 65.2 Å². The number of esters is 3. The third-order valence-electron chi connectivity index (χ3n) is 6.19. The molecule has 0 aliphatic rings. The number of benzene rings is 3. The van der Waals surface area contributed by atoms with Crippen LogP contribution in [-0.4, -0.2) is 42.3 Å². The molecular weight excluding hydrogens is 530 g/mol. The Morgan fingerprint density at radius 2 is 1.38 bits per heavy atom. The van der Waals surface area contributed by atoms with E-state index in [9.17, 15) is 14.4 Å². The number of nitrogens with zero attached hydrogens (tertiary/aromatic N) is 1. The normalized spacial score (nSPS) is 10.7. The Kier molecular flexibility index (Phi) is 9.40. The van der Waals surface area contributed by atoms with Crippen LogP contribution in [0.2, 0.25) is 5.02 Å². The van der Waals surface area contributed by atoms with Crippen LogP contribution >= 0.6 is 11.6 Å². The Hall–Kier alpha value is -4.36. The molecule has 40 heavy (non-hydrogen) atoms. The van der Waals surface area contributed by atoms with Crippen molar-refractivity contribution in [3.8, 4) is 11.1 Å². The van der Waals surface area contributed by atoms with Crippen molar-refractivity contribution in [3.05, 3.63) is 100 Å². The average molecular weight is 560 g/mol. The summed E-state index contributed by atoms with van der Waals surface area (Å²) in [5.41, 5.74) is 4.21. The highest BCUT2D eigenvalue weighted by Gasteiger charge is 2.25. The molecule has 7 nitrogen and oxygen atoms in total. The summed E-state index contributed by atoms with van der Waals surface area (Å²) in [7, 11) is 0. The fourth-order valence-electron chi connectivity index (χ4n) is 4.48. The van der Waals surface area contributed by atoms with Crippen molar-refractivity contribution in [2.75, 3.05) is 19.8 Å². The lowest BCUT2D eigenvalue weighted by atomic mass is 9.99. The van der Waals surface area contributed by atoms with Gasteiger partial charge in [-0.05, 0) is 61.7 Å². The van der Waals surface area contributed by atoms with E-state index in [4.69, 9.17) is 25.8 Å². The van der Waals surface area contributed by atoms with Gasteiger partial charge in [0.1, 0.15) is 11.3 Å². The highest BCUT2D eigenvalue weighted by atomic mass is 35.5. The Morgan fingerprint density at radius 1 is 0.775 bits per heavy atom. The highest BCUT2D eigenvalue weighted by molar-refractivity contribution is 6.30. The molecule has 206 valence electrons. The fraction of sp³-hybridized carbons (Fsp3) is 0.219. The van der Waals surface area contributed by atoms with E-state index in [2.05, 4.69) is 0 Å². The molecule has 0 radical (unpaired) electrons. The minimum absolute atomic E-state index is 0.130. The minimum atomic E-state index is -0.750. The van der Waals surface area contributed by atoms with Gasteiger partial charge in [0.15, 0.2) is 0 Å². The Bertz CT molecular complexity index is 1530.